The van der Waals surface area contributed by atoms with E-state index in [4.69, 9.17) is 0 Å². The first-order valence-corrected chi connectivity index (χ1v) is 6.99. The van der Waals surface area contributed by atoms with Crippen LogP contribution in [0.1, 0.15) is 40.0 Å². The average Bonchev–Trinajstić information content (AvgIpc) is 2.23. The summed E-state index contributed by atoms with van der Waals surface area (Å²) in [6, 6.07) is 0. The Morgan fingerprint density at radius 1 is 1.29 bits per heavy atom. The van der Waals surface area contributed by atoms with E-state index in [1.807, 2.05) is 0 Å². The third-order valence-corrected chi connectivity index (χ3v) is 4.10. The van der Waals surface area contributed by atoms with Crippen molar-refractivity contribution in [1.82, 2.24) is 4.90 Å². The Hall–Kier alpha value is -0.560. The van der Waals surface area contributed by atoms with Gasteiger partial charge in [-0.15, -0.1) is 0 Å². The topological polar surface area (TPSA) is 3.24 Å². The van der Waals surface area contributed by atoms with E-state index in [-0.39, 0.29) is 0 Å². The number of hydrogen-bond donors (Lipinski definition) is 0. The summed E-state index contributed by atoms with van der Waals surface area (Å²) in [6.07, 6.45) is 3.72. The van der Waals surface area contributed by atoms with Crippen molar-refractivity contribution in [2.45, 2.75) is 40.0 Å². The molecule has 1 aliphatic heterocycles. The minimum Gasteiger partial charge on any atom is -0.305 e. The second-order valence-electron chi connectivity index (χ2n) is 5.94. The molecule has 0 saturated carbocycles. The number of likely N-dealkylation sites (tertiary alicyclic amines) is 1. The fraction of sp³-hybridized carbons (Fsp3) is 0.750. The summed E-state index contributed by atoms with van der Waals surface area (Å²) >= 11 is 0. The molecule has 0 N–H and O–H groups in total. The maximum Gasteiger partial charge on any atom is 0.00499 e. The smallest absolute Gasteiger partial charge is 0.00499 e. The molecule has 1 heteroatoms. The molecule has 1 rings (SSSR count). The average molecular weight is 235 g/mol. The fourth-order valence-electron chi connectivity index (χ4n) is 3.33. The first-order valence-electron chi connectivity index (χ1n) is 6.99. The Morgan fingerprint density at radius 2 is 1.94 bits per heavy atom. The molecule has 1 saturated heterocycles. The quantitative estimate of drug-likeness (QED) is 0.648. The second kappa shape index (κ2) is 6.39. The minimum atomic E-state index is 0.618. The maximum absolute atomic E-state index is 4.35. The highest BCUT2D eigenvalue weighted by atomic mass is 15.1. The van der Waals surface area contributed by atoms with Crippen LogP contribution in [0.4, 0.5) is 0 Å². The number of unbranched alkanes of at least 4 members (excludes halogenated alkanes) is 1. The summed E-state index contributed by atoms with van der Waals surface area (Å²) < 4.78 is 0. The number of hydrogen-bond acceptors (Lipinski definition) is 1. The van der Waals surface area contributed by atoms with Crippen molar-refractivity contribution in [3.8, 4) is 0 Å². The molecule has 0 spiro atoms. The van der Waals surface area contributed by atoms with E-state index in [1.165, 1.54) is 37.0 Å². The molecule has 1 nitrogen and oxygen atoms in total. The number of nitrogens with zero attached hydrogens (tertiary/aromatic N) is 1. The zero-order valence-corrected chi connectivity index (χ0v) is 12.1. The second-order valence-corrected chi connectivity index (χ2v) is 5.94. The van der Waals surface area contributed by atoms with Gasteiger partial charge in [-0.05, 0) is 44.6 Å². The molecule has 0 aromatic heterocycles. The highest BCUT2D eigenvalue weighted by Gasteiger charge is 2.34. The molecule has 98 valence electrons. The predicted octanol–water partition coefficient (Wildman–Crippen LogP) is 4.12. The van der Waals surface area contributed by atoms with Crippen LogP contribution in [0.5, 0.6) is 0 Å². The molecule has 3 atom stereocenters. The zero-order chi connectivity index (χ0) is 13.0. The van der Waals surface area contributed by atoms with Crippen LogP contribution in [0.3, 0.4) is 0 Å². The number of piperidine rings is 1. The van der Waals surface area contributed by atoms with Crippen LogP contribution in [-0.4, -0.2) is 25.0 Å². The standard InChI is InChI=1S/C16H29N/c1-7-8-9-13(4)15-11-17(6)10-14(5)16(15)12(2)3/h14-16H,2,4,7-11H2,1,3,5-6H3. The summed E-state index contributed by atoms with van der Waals surface area (Å²) in [5, 5.41) is 0. The van der Waals surface area contributed by atoms with E-state index in [0.29, 0.717) is 17.8 Å². The molecule has 17 heavy (non-hydrogen) atoms. The summed E-state index contributed by atoms with van der Waals surface area (Å²) in [4.78, 5) is 2.45. The van der Waals surface area contributed by atoms with E-state index < -0.39 is 0 Å². The number of allylic oxidation sites excluding steroid dienone is 1. The molecule has 1 fully saturated rings. The third-order valence-electron chi connectivity index (χ3n) is 4.10. The van der Waals surface area contributed by atoms with Gasteiger partial charge in [0.05, 0.1) is 0 Å². The van der Waals surface area contributed by atoms with Crippen LogP contribution in [-0.2, 0) is 0 Å². The van der Waals surface area contributed by atoms with E-state index in [0.717, 1.165) is 6.54 Å². The van der Waals surface area contributed by atoms with Crippen LogP contribution < -0.4 is 0 Å². The van der Waals surface area contributed by atoms with E-state index in [1.54, 1.807) is 0 Å². The molecule has 0 aromatic rings. The minimum absolute atomic E-state index is 0.618. The largest absolute Gasteiger partial charge is 0.305 e. The van der Waals surface area contributed by atoms with Crippen LogP contribution in [0, 0.1) is 17.8 Å². The Labute approximate surface area is 108 Å². The van der Waals surface area contributed by atoms with Crippen LogP contribution in [0.15, 0.2) is 24.3 Å². The Kier molecular flexibility index (Phi) is 5.45. The van der Waals surface area contributed by atoms with Gasteiger partial charge >= 0.3 is 0 Å². The SMILES string of the molecule is C=C(CCCC)C1CN(C)CC(C)C1C(=C)C. The molecular weight excluding hydrogens is 206 g/mol. The number of rotatable bonds is 5. The first kappa shape index (κ1) is 14.5. The normalized spacial score (nSPS) is 30.2. The van der Waals surface area contributed by atoms with E-state index in [9.17, 15) is 0 Å². The summed E-state index contributed by atoms with van der Waals surface area (Å²) in [5.74, 6) is 1.96. The van der Waals surface area contributed by atoms with E-state index >= 15 is 0 Å². The summed E-state index contributed by atoms with van der Waals surface area (Å²) in [7, 11) is 2.23. The molecule has 0 aromatic carbocycles. The van der Waals surface area contributed by atoms with E-state index in [2.05, 4.69) is 45.9 Å². The van der Waals surface area contributed by atoms with Gasteiger partial charge in [0.15, 0.2) is 0 Å². The van der Waals surface area contributed by atoms with Gasteiger partial charge in [-0.3, -0.25) is 0 Å². The lowest BCUT2D eigenvalue weighted by Crippen LogP contribution is -2.44. The maximum atomic E-state index is 4.35. The van der Waals surface area contributed by atoms with Crippen molar-refractivity contribution in [3.63, 3.8) is 0 Å². The highest BCUT2D eigenvalue weighted by molar-refractivity contribution is 5.14. The molecule has 0 radical (unpaired) electrons. The van der Waals surface area contributed by atoms with Crippen molar-refractivity contribution in [3.05, 3.63) is 24.3 Å². The molecule has 1 aliphatic rings. The lowest BCUT2D eigenvalue weighted by Gasteiger charge is -2.43. The molecule has 1 heterocycles. The van der Waals surface area contributed by atoms with Gasteiger partial charge in [0.1, 0.15) is 0 Å². The summed E-state index contributed by atoms with van der Waals surface area (Å²) in [6.45, 7) is 17.7. The summed E-state index contributed by atoms with van der Waals surface area (Å²) in [5.41, 5.74) is 2.78. The highest BCUT2D eigenvalue weighted by Crippen LogP contribution is 2.37. The Bertz CT molecular complexity index is 279. The first-order chi connectivity index (χ1) is 7.97. The van der Waals surface area contributed by atoms with Crippen molar-refractivity contribution < 1.29 is 0 Å². The lowest BCUT2D eigenvalue weighted by atomic mass is 9.71. The van der Waals surface area contributed by atoms with Crippen molar-refractivity contribution in [2.24, 2.45) is 17.8 Å². The molecule has 0 amide bonds. The van der Waals surface area contributed by atoms with Gasteiger partial charge in [-0.25, -0.2) is 0 Å². The van der Waals surface area contributed by atoms with Crippen molar-refractivity contribution in [1.29, 1.82) is 0 Å². The third kappa shape index (κ3) is 3.70. The monoisotopic (exact) mass is 235 g/mol. The van der Waals surface area contributed by atoms with Crippen molar-refractivity contribution in [2.75, 3.05) is 20.1 Å². The van der Waals surface area contributed by atoms with Gasteiger partial charge in [0.2, 0.25) is 0 Å². The van der Waals surface area contributed by atoms with Crippen molar-refractivity contribution >= 4 is 0 Å². The predicted molar refractivity (Wildman–Crippen MR) is 77.1 cm³/mol. The van der Waals surface area contributed by atoms with Crippen LogP contribution >= 0.6 is 0 Å². The molecule has 0 aliphatic carbocycles. The molecular formula is C16H29N. The molecule has 0 bridgehead atoms. The van der Waals surface area contributed by atoms with Gasteiger partial charge in [0.25, 0.3) is 0 Å². The lowest BCUT2D eigenvalue weighted by molar-refractivity contribution is 0.127. The fourth-order valence-corrected chi connectivity index (χ4v) is 3.33. The molecule has 3 unspecified atom stereocenters. The van der Waals surface area contributed by atoms with Gasteiger partial charge in [0, 0.05) is 13.1 Å². The van der Waals surface area contributed by atoms with Crippen LogP contribution in [0.2, 0.25) is 0 Å². The van der Waals surface area contributed by atoms with Gasteiger partial charge in [-0.2, -0.15) is 0 Å². The van der Waals surface area contributed by atoms with Gasteiger partial charge < -0.3 is 4.90 Å². The van der Waals surface area contributed by atoms with Gasteiger partial charge in [-0.1, -0.05) is 44.6 Å². The zero-order valence-electron chi connectivity index (χ0n) is 12.1. The Balaban J connectivity index is 2.76. The Morgan fingerprint density at radius 3 is 2.47 bits per heavy atom. The van der Waals surface area contributed by atoms with Crippen LogP contribution in [0.25, 0.3) is 0 Å².